The quantitative estimate of drug-likeness (QED) is 0.667. The van der Waals surface area contributed by atoms with Gasteiger partial charge in [-0.25, -0.2) is 4.79 Å². The summed E-state index contributed by atoms with van der Waals surface area (Å²) < 4.78 is 5.36. The second-order valence-electron chi connectivity index (χ2n) is 5.21. The van der Waals surface area contributed by atoms with Gasteiger partial charge in [0, 0.05) is 18.8 Å². The average Bonchev–Trinajstić information content (AvgIpc) is 2.52. The standard InChI is InChI=1S/C16H18Cl2N2O2/c1-2-9-22-11-12-5-7-20(8-6-12)16(21)19-13-3-4-14(17)15(18)10-13/h1,3-4,10,12H,5-9,11H2,(H,19,21). The minimum Gasteiger partial charge on any atom is -0.369 e. The molecule has 1 aromatic rings. The first-order valence-electron chi connectivity index (χ1n) is 7.12. The molecule has 2 amide bonds. The third-order valence-corrected chi connectivity index (χ3v) is 4.35. The molecule has 6 heteroatoms. The summed E-state index contributed by atoms with van der Waals surface area (Å²) in [5, 5.41) is 3.72. The van der Waals surface area contributed by atoms with E-state index >= 15 is 0 Å². The summed E-state index contributed by atoms with van der Waals surface area (Å²) in [7, 11) is 0. The van der Waals surface area contributed by atoms with E-state index in [9.17, 15) is 4.79 Å². The second-order valence-corrected chi connectivity index (χ2v) is 6.02. The Morgan fingerprint density at radius 1 is 1.36 bits per heavy atom. The SMILES string of the molecule is C#CCOCC1CCN(C(=O)Nc2ccc(Cl)c(Cl)c2)CC1. The van der Waals surface area contributed by atoms with Crippen molar-refractivity contribution in [3.8, 4) is 12.3 Å². The molecule has 0 radical (unpaired) electrons. The molecule has 0 saturated carbocycles. The van der Waals surface area contributed by atoms with Gasteiger partial charge in [-0.3, -0.25) is 0 Å². The van der Waals surface area contributed by atoms with E-state index < -0.39 is 0 Å². The molecule has 0 atom stereocenters. The summed E-state index contributed by atoms with van der Waals surface area (Å²) in [6.07, 6.45) is 6.98. The number of urea groups is 1. The van der Waals surface area contributed by atoms with Crippen LogP contribution in [0.1, 0.15) is 12.8 Å². The van der Waals surface area contributed by atoms with E-state index in [1.165, 1.54) is 0 Å². The van der Waals surface area contributed by atoms with Gasteiger partial charge in [0.15, 0.2) is 0 Å². The molecule has 1 aliphatic heterocycles. The van der Waals surface area contributed by atoms with Crippen molar-refractivity contribution in [2.75, 3.05) is 31.6 Å². The lowest BCUT2D eigenvalue weighted by Gasteiger charge is -2.31. The summed E-state index contributed by atoms with van der Waals surface area (Å²) >= 11 is 11.8. The number of hydrogen-bond donors (Lipinski definition) is 1. The van der Waals surface area contributed by atoms with E-state index in [1.54, 1.807) is 23.1 Å². The van der Waals surface area contributed by atoms with Gasteiger partial charge in [-0.15, -0.1) is 6.42 Å². The van der Waals surface area contributed by atoms with E-state index in [0.29, 0.717) is 48.0 Å². The van der Waals surface area contributed by atoms with Gasteiger partial charge in [-0.1, -0.05) is 29.1 Å². The number of ether oxygens (including phenoxy) is 1. The van der Waals surface area contributed by atoms with Crippen LogP contribution in [0.5, 0.6) is 0 Å². The van der Waals surface area contributed by atoms with Gasteiger partial charge < -0.3 is 15.0 Å². The zero-order valence-electron chi connectivity index (χ0n) is 12.1. The maximum atomic E-state index is 12.2. The van der Waals surface area contributed by atoms with Crippen LogP contribution < -0.4 is 5.32 Å². The molecule has 0 bridgehead atoms. The number of piperidine rings is 1. The van der Waals surface area contributed by atoms with Crippen LogP contribution in [0.2, 0.25) is 10.0 Å². The predicted molar refractivity (Wildman–Crippen MR) is 89.4 cm³/mol. The number of anilines is 1. The van der Waals surface area contributed by atoms with Crippen LogP contribution in [-0.4, -0.2) is 37.2 Å². The van der Waals surface area contributed by atoms with Gasteiger partial charge >= 0.3 is 6.03 Å². The number of rotatable bonds is 4. The van der Waals surface area contributed by atoms with E-state index in [2.05, 4.69) is 11.2 Å². The van der Waals surface area contributed by atoms with E-state index in [0.717, 1.165) is 12.8 Å². The van der Waals surface area contributed by atoms with Crippen molar-refractivity contribution < 1.29 is 9.53 Å². The summed E-state index contributed by atoms with van der Waals surface area (Å²) in [5.74, 6) is 2.91. The van der Waals surface area contributed by atoms with Gasteiger partial charge in [0.2, 0.25) is 0 Å². The van der Waals surface area contributed by atoms with Crippen molar-refractivity contribution in [1.82, 2.24) is 4.90 Å². The van der Waals surface area contributed by atoms with Crippen LogP contribution in [0.15, 0.2) is 18.2 Å². The Morgan fingerprint density at radius 2 is 2.09 bits per heavy atom. The Bertz CT molecular complexity index is 564. The normalized spacial score (nSPS) is 15.4. The molecule has 0 aliphatic carbocycles. The molecule has 1 heterocycles. The molecule has 118 valence electrons. The maximum Gasteiger partial charge on any atom is 0.321 e. The Hall–Kier alpha value is -1.41. The van der Waals surface area contributed by atoms with Gasteiger partial charge in [0.1, 0.15) is 6.61 Å². The summed E-state index contributed by atoms with van der Waals surface area (Å²) in [6, 6.07) is 4.91. The molecular weight excluding hydrogens is 323 g/mol. The number of halogens is 2. The average molecular weight is 341 g/mol. The summed E-state index contributed by atoms with van der Waals surface area (Å²) in [6.45, 7) is 2.42. The van der Waals surface area contributed by atoms with Gasteiger partial charge in [0.25, 0.3) is 0 Å². The highest BCUT2D eigenvalue weighted by atomic mass is 35.5. The molecule has 0 unspecified atom stereocenters. The zero-order chi connectivity index (χ0) is 15.9. The number of carbonyl (C=O) groups excluding carboxylic acids is 1. The zero-order valence-corrected chi connectivity index (χ0v) is 13.7. The van der Waals surface area contributed by atoms with Crippen molar-refractivity contribution in [1.29, 1.82) is 0 Å². The molecule has 0 spiro atoms. The fraction of sp³-hybridized carbons (Fsp3) is 0.438. The minimum absolute atomic E-state index is 0.124. The fourth-order valence-corrected chi connectivity index (χ4v) is 2.66. The third-order valence-electron chi connectivity index (χ3n) is 3.61. The molecule has 1 fully saturated rings. The van der Waals surface area contributed by atoms with Crippen LogP contribution >= 0.6 is 23.2 Å². The minimum atomic E-state index is -0.124. The molecule has 1 saturated heterocycles. The number of benzene rings is 1. The summed E-state index contributed by atoms with van der Waals surface area (Å²) in [5.41, 5.74) is 0.638. The highest BCUT2D eigenvalue weighted by molar-refractivity contribution is 6.42. The molecule has 2 rings (SSSR count). The van der Waals surface area contributed by atoms with Crippen LogP contribution in [0, 0.1) is 18.3 Å². The molecule has 1 N–H and O–H groups in total. The van der Waals surface area contributed by atoms with Crippen molar-refractivity contribution in [3.63, 3.8) is 0 Å². The van der Waals surface area contributed by atoms with Gasteiger partial charge in [0.05, 0.1) is 16.7 Å². The number of carbonyl (C=O) groups is 1. The van der Waals surface area contributed by atoms with E-state index in [4.69, 9.17) is 34.4 Å². The van der Waals surface area contributed by atoms with Gasteiger partial charge in [-0.05, 0) is 37.0 Å². The monoisotopic (exact) mass is 340 g/mol. The van der Waals surface area contributed by atoms with E-state index in [1.807, 2.05) is 0 Å². The van der Waals surface area contributed by atoms with Crippen molar-refractivity contribution in [2.24, 2.45) is 5.92 Å². The second kappa shape index (κ2) is 8.28. The highest BCUT2D eigenvalue weighted by Gasteiger charge is 2.23. The number of nitrogens with zero attached hydrogens (tertiary/aromatic N) is 1. The van der Waals surface area contributed by atoms with Crippen LogP contribution in [-0.2, 0) is 4.74 Å². The van der Waals surface area contributed by atoms with E-state index in [-0.39, 0.29) is 6.03 Å². The Morgan fingerprint density at radius 3 is 2.73 bits per heavy atom. The number of hydrogen-bond acceptors (Lipinski definition) is 2. The molecule has 4 nitrogen and oxygen atoms in total. The van der Waals surface area contributed by atoms with Crippen LogP contribution in [0.3, 0.4) is 0 Å². The lowest BCUT2D eigenvalue weighted by atomic mass is 9.98. The lowest BCUT2D eigenvalue weighted by Crippen LogP contribution is -2.41. The Kier molecular flexibility index (Phi) is 6.38. The number of likely N-dealkylation sites (tertiary alicyclic amines) is 1. The molecular formula is C16H18Cl2N2O2. The number of amides is 2. The maximum absolute atomic E-state index is 12.2. The van der Waals surface area contributed by atoms with Gasteiger partial charge in [-0.2, -0.15) is 0 Å². The summed E-state index contributed by atoms with van der Waals surface area (Å²) in [4.78, 5) is 14.0. The Balaban J connectivity index is 1.80. The molecule has 1 aliphatic rings. The first-order chi connectivity index (χ1) is 10.6. The largest absolute Gasteiger partial charge is 0.369 e. The van der Waals surface area contributed by atoms with Crippen molar-refractivity contribution in [3.05, 3.63) is 28.2 Å². The Labute approximate surface area is 140 Å². The van der Waals surface area contributed by atoms with Crippen molar-refractivity contribution in [2.45, 2.75) is 12.8 Å². The van der Waals surface area contributed by atoms with Crippen molar-refractivity contribution >= 4 is 34.9 Å². The fourth-order valence-electron chi connectivity index (χ4n) is 2.36. The third kappa shape index (κ3) is 4.81. The predicted octanol–water partition coefficient (Wildman–Crippen LogP) is 3.89. The first kappa shape index (κ1) is 17.0. The van der Waals surface area contributed by atoms with Crippen LogP contribution in [0.25, 0.3) is 0 Å². The first-order valence-corrected chi connectivity index (χ1v) is 7.88. The highest BCUT2D eigenvalue weighted by Crippen LogP contribution is 2.25. The smallest absolute Gasteiger partial charge is 0.321 e. The molecule has 0 aromatic heterocycles. The molecule has 1 aromatic carbocycles. The molecule has 22 heavy (non-hydrogen) atoms. The lowest BCUT2D eigenvalue weighted by molar-refractivity contribution is 0.0932. The number of nitrogens with one attached hydrogen (secondary N) is 1. The topological polar surface area (TPSA) is 41.6 Å². The van der Waals surface area contributed by atoms with Crippen LogP contribution in [0.4, 0.5) is 10.5 Å². The number of terminal acetylenes is 1.